The van der Waals surface area contributed by atoms with Gasteiger partial charge in [0.2, 0.25) is 0 Å². The Bertz CT molecular complexity index is 2440. The van der Waals surface area contributed by atoms with Crippen LogP contribution in [0.1, 0.15) is 0 Å². The fourth-order valence-electron chi connectivity index (χ4n) is 6.84. The van der Waals surface area contributed by atoms with E-state index in [1.165, 1.54) is 48.8 Å². The molecule has 1 heterocycles. The average molecular weight is 562 g/mol. The van der Waals surface area contributed by atoms with Gasteiger partial charge in [-0.2, -0.15) is 0 Å². The molecule has 2 heteroatoms. The smallest absolute Gasteiger partial charge is 0.136 e. The molecule has 0 aliphatic heterocycles. The zero-order valence-electron chi connectivity index (χ0n) is 23.9. The number of anilines is 3. The van der Waals surface area contributed by atoms with E-state index >= 15 is 0 Å². The molecule has 0 saturated carbocycles. The van der Waals surface area contributed by atoms with Crippen LogP contribution in [-0.4, -0.2) is 0 Å². The van der Waals surface area contributed by atoms with Crippen molar-refractivity contribution >= 4 is 71.3 Å². The Hall–Kier alpha value is -5.86. The van der Waals surface area contributed by atoms with Gasteiger partial charge in [0.1, 0.15) is 11.2 Å². The fraction of sp³-hybridized carbons (Fsp3) is 0. The molecule has 0 atom stereocenters. The Morgan fingerprint density at radius 1 is 0.318 bits per heavy atom. The van der Waals surface area contributed by atoms with Crippen LogP contribution in [0.4, 0.5) is 17.1 Å². The highest BCUT2D eigenvalue weighted by atomic mass is 16.3. The van der Waals surface area contributed by atoms with E-state index in [0.717, 1.165) is 33.6 Å². The summed E-state index contributed by atoms with van der Waals surface area (Å²) in [5, 5.41) is 9.88. The van der Waals surface area contributed by atoms with Gasteiger partial charge in [0.05, 0.1) is 0 Å². The first-order chi connectivity index (χ1) is 21.8. The molecule has 0 aliphatic carbocycles. The highest BCUT2D eigenvalue weighted by Gasteiger charge is 2.17. The maximum absolute atomic E-state index is 6.30. The van der Waals surface area contributed by atoms with E-state index in [2.05, 4.69) is 163 Å². The van der Waals surface area contributed by atoms with Crippen molar-refractivity contribution in [2.75, 3.05) is 4.90 Å². The van der Waals surface area contributed by atoms with Gasteiger partial charge in [0.25, 0.3) is 0 Å². The summed E-state index contributed by atoms with van der Waals surface area (Å²) in [7, 11) is 0. The Kier molecular flexibility index (Phi) is 5.54. The van der Waals surface area contributed by atoms with Gasteiger partial charge in [0, 0.05) is 33.2 Å². The predicted octanol–water partition coefficient (Wildman–Crippen LogP) is 12.2. The third-order valence-electron chi connectivity index (χ3n) is 8.83. The lowest BCUT2D eigenvalue weighted by Gasteiger charge is -2.25. The highest BCUT2D eigenvalue weighted by Crippen LogP contribution is 2.43. The number of nitrogens with zero attached hydrogens (tertiary/aromatic N) is 1. The minimum Gasteiger partial charge on any atom is -0.456 e. The van der Waals surface area contributed by atoms with Crippen LogP contribution in [-0.2, 0) is 0 Å². The van der Waals surface area contributed by atoms with Crippen molar-refractivity contribution in [1.29, 1.82) is 0 Å². The SMILES string of the molecule is c1ccc(N(c2ccccc2)c2ccc(-c3ccc4c5ccccc5c5c(ccc6oc7ccccc7c65)c4c3)cc2)cc1. The summed E-state index contributed by atoms with van der Waals surface area (Å²) in [6.07, 6.45) is 0. The standard InChI is InChI=1S/C42H27NO/c1-3-11-30(12-4-1)43(31-13-5-2-6-14-31)32-22-19-28(20-23-32)29-21-24-34-33-15-7-8-16-35(33)41-36(38(34)27-29)25-26-40-42(41)37-17-9-10-18-39(37)44-40/h1-27H. The summed E-state index contributed by atoms with van der Waals surface area (Å²) in [5.41, 5.74) is 7.63. The van der Waals surface area contributed by atoms with Gasteiger partial charge in [-0.25, -0.2) is 0 Å². The summed E-state index contributed by atoms with van der Waals surface area (Å²) in [5.74, 6) is 0. The first kappa shape index (κ1) is 24.7. The maximum Gasteiger partial charge on any atom is 0.136 e. The molecular weight excluding hydrogens is 534 g/mol. The molecule has 0 aliphatic rings. The Morgan fingerprint density at radius 2 is 0.841 bits per heavy atom. The van der Waals surface area contributed by atoms with Crippen LogP contribution in [0, 0.1) is 0 Å². The van der Waals surface area contributed by atoms with Gasteiger partial charge in [0.15, 0.2) is 0 Å². The molecule has 2 nitrogen and oxygen atoms in total. The second-order valence-electron chi connectivity index (χ2n) is 11.3. The van der Waals surface area contributed by atoms with E-state index in [9.17, 15) is 0 Å². The third kappa shape index (κ3) is 3.82. The van der Waals surface area contributed by atoms with Gasteiger partial charge >= 0.3 is 0 Å². The number of rotatable bonds is 4. The van der Waals surface area contributed by atoms with Crippen molar-refractivity contribution in [1.82, 2.24) is 0 Å². The summed E-state index contributed by atoms with van der Waals surface area (Å²) in [6, 6.07) is 58.4. The molecule has 1 aromatic heterocycles. The highest BCUT2D eigenvalue weighted by molar-refractivity contribution is 6.34. The number of para-hydroxylation sites is 3. The van der Waals surface area contributed by atoms with Crippen LogP contribution in [0.15, 0.2) is 168 Å². The first-order valence-electron chi connectivity index (χ1n) is 15.0. The Labute approximate surface area is 255 Å². The lowest BCUT2D eigenvalue weighted by Crippen LogP contribution is -2.09. The molecule has 9 aromatic rings. The van der Waals surface area contributed by atoms with Crippen LogP contribution in [0.5, 0.6) is 0 Å². The predicted molar refractivity (Wildman–Crippen MR) is 186 cm³/mol. The Morgan fingerprint density at radius 3 is 1.57 bits per heavy atom. The number of benzene rings is 8. The molecule has 0 fully saturated rings. The van der Waals surface area contributed by atoms with Gasteiger partial charge in [-0.1, -0.05) is 103 Å². The van der Waals surface area contributed by atoms with Crippen molar-refractivity contribution < 1.29 is 4.42 Å². The molecule has 0 unspecified atom stereocenters. The maximum atomic E-state index is 6.30. The zero-order chi connectivity index (χ0) is 29.0. The molecule has 44 heavy (non-hydrogen) atoms. The van der Waals surface area contributed by atoms with Crippen LogP contribution in [0.3, 0.4) is 0 Å². The monoisotopic (exact) mass is 561 g/mol. The molecule has 8 aromatic carbocycles. The lowest BCUT2D eigenvalue weighted by atomic mass is 9.90. The van der Waals surface area contributed by atoms with E-state index < -0.39 is 0 Å². The van der Waals surface area contributed by atoms with E-state index in [1.54, 1.807) is 0 Å². The molecule has 0 radical (unpaired) electrons. The molecule has 0 amide bonds. The van der Waals surface area contributed by atoms with Crippen molar-refractivity contribution in [3.8, 4) is 11.1 Å². The minimum atomic E-state index is 0.924. The van der Waals surface area contributed by atoms with Crippen LogP contribution >= 0.6 is 0 Å². The van der Waals surface area contributed by atoms with Gasteiger partial charge in [-0.3, -0.25) is 0 Å². The summed E-state index contributed by atoms with van der Waals surface area (Å²) >= 11 is 0. The topological polar surface area (TPSA) is 16.4 Å². The van der Waals surface area contributed by atoms with Crippen molar-refractivity contribution in [2.45, 2.75) is 0 Å². The number of fused-ring (bicyclic) bond motifs is 10. The molecule has 0 saturated heterocycles. The fourth-order valence-corrected chi connectivity index (χ4v) is 6.84. The molecule has 0 bridgehead atoms. The zero-order valence-corrected chi connectivity index (χ0v) is 23.9. The van der Waals surface area contributed by atoms with E-state index in [4.69, 9.17) is 4.42 Å². The summed E-state index contributed by atoms with van der Waals surface area (Å²) in [6.45, 7) is 0. The van der Waals surface area contributed by atoms with Crippen molar-refractivity contribution in [3.63, 3.8) is 0 Å². The summed E-state index contributed by atoms with van der Waals surface area (Å²) < 4.78 is 6.30. The molecule has 206 valence electrons. The van der Waals surface area contributed by atoms with E-state index in [-0.39, 0.29) is 0 Å². The normalized spacial score (nSPS) is 11.6. The summed E-state index contributed by atoms with van der Waals surface area (Å²) in [4.78, 5) is 2.30. The molecule has 0 spiro atoms. The number of hydrogen-bond donors (Lipinski definition) is 0. The number of furan rings is 1. The number of hydrogen-bond acceptors (Lipinski definition) is 2. The van der Waals surface area contributed by atoms with Crippen LogP contribution < -0.4 is 4.90 Å². The minimum absolute atomic E-state index is 0.924. The largest absolute Gasteiger partial charge is 0.456 e. The van der Waals surface area contributed by atoms with Crippen molar-refractivity contribution in [3.05, 3.63) is 164 Å². The first-order valence-corrected chi connectivity index (χ1v) is 15.0. The Balaban J connectivity index is 1.24. The van der Waals surface area contributed by atoms with Gasteiger partial charge < -0.3 is 9.32 Å². The van der Waals surface area contributed by atoms with Crippen LogP contribution in [0.2, 0.25) is 0 Å². The molecule has 0 N–H and O–H groups in total. The van der Waals surface area contributed by atoms with Crippen LogP contribution in [0.25, 0.3) is 65.4 Å². The van der Waals surface area contributed by atoms with Gasteiger partial charge in [-0.15, -0.1) is 0 Å². The second-order valence-corrected chi connectivity index (χ2v) is 11.3. The molecule has 9 rings (SSSR count). The molecular formula is C42H27NO. The average Bonchev–Trinajstić information content (AvgIpc) is 3.48. The van der Waals surface area contributed by atoms with E-state index in [0.29, 0.717) is 0 Å². The van der Waals surface area contributed by atoms with E-state index in [1.807, 2.05) is 6.07 Å². The quantitative estimate of drug-likeness (QED) is 0.199. The second kappa shape index (κ2) is 9.86. The van der Waals surface area contributed by atoms with Crippen molar-refractivity contribution in [2.24, 2.45) is 0 Å². The third-order valence-corrected chi connectivity index (χ3v) is 8.83. The van der Waals surface area contributed by atoms with Gasteiger partial charge in [-0.05, 0) is 98.7 Å². The lowest BCUT2D eigenvalue weighted by molar-refractivity contribution is 0.669.